The van der Waals surface area contributed by atoms with Crippen LogP contribution in [-0.2, 0) is 0 Å². The lowest BCUT2D eigenvalue weighted by Gasteiger charge is -2.13. The van der Waals surface area contributed by atoms with Crippen LogP contribution >= 0.6 is 11.6 Å². The molecule has 0 spiro atoms. The highest BCUT2D eigenvalue weighted by atomic mass is 35.5. The lowest BCUT2D eigenvalue weighted by molar-refractivity contribution is 0.0691. The number of halogens is 1. The average molecular weight is 267 g/mol. The zero-order valence-electron chi connectivity index (χ0n) is 9.54. The van der Waals surface area contributed by atoms with Gasteiger partial charge in [-0.05, 0) is 24.6 Å². The van der Waals surface area contributed by atoms with Crippen molar-refractivity contribution in [3.63, 3.8) is 0 Å². The van der Waals surface area contributed by atoms with Crippen molar-refractivity contribution in [2.45, 2.75) is 13.0 Å². The molecule has 0 bridgehead atoms. The minimum absolute atomic E-state index is 0.0324. The Hall–Kier alpha value is -2.08. The third-order valence-corrected chi connectivity index (χ3v) is 2.90. The van der Waals surface area contributed by atoms with Gasteiger partial charge in [-0.1, -0.05) is 28.9 Å². The maximum atomic E-state index is 10.8. The van der Waals surface area contributed by atoms with Gasteiger partial charge in [0.05, 0.1) is 6.04 Å². The molecule has 0 radical (unpaired) electrons. The third kappa shape index (κ3) is 2.14. The Kier molecular flexibility index (Phi) is 3.20. The molecule has 0 fully saturated rings. The third-order valence-electron chi connectivity index (χ3n) is 2.65. The zero-order chi connectivity index (χ0) is 13.3. The maximum absolute atomic E-state index is 10.8. The number of aromatic nitrogens is 3. The predicted molar refractivity (Wildman–Crippen MR) is 66.7 cm³/mol. The molecule has 0 aliphatic carbocycles. The van der Waals surface area contributed by atoms with Crippen molar-refractivity contribution in [1.82, 2.24) is 15.0 Å². The van der Waals surface area contributed by atoms with Crippen LogP contribution in [0.4, 0.5) is 5.82 Å². The molecule has 18 heavy (non-hydrogen) atoms. The zero-order valence-corrected chi connectivity index (χ0v) is 10.3. The van der Waals surface area contributed by atoms with Gasteiger partial charge in [-0.25, -0.2) is 9.48 Å². The molecule has 2 rings (SSSR count). The molecule has 0 aliphatic rings. The van der Waals surface area contributed by atoms with E-state index in [4.69, 9.17) is 22.4 Å². The first-order chi connectivity index (χ1) is 8.50. The van der Waals surface area contributed by atoms with Gasteiger partial charge < -0.3 is 10.8 Å². The molecular formula is C11H11ClN4O2. The molecule has 1 aromatic carbocycles. The van der Waals surface area contributed by atoms with Crippen LogP contribution in [0.5, 0.6) is 0 Å². The molecule has 7 heteroatoms. The van der Waals surface area contributed by atoms with Gasteiger partial charge in [0.25, 0.3) is 0 Å². The molecule has 3 N–H and O–H groups in total. The highest BCUT2D eigenvalue weighted by Crippen LogP contribution is 2.22. The Bertz CT molecular complexity index is 579. The number of carboxylic acids is 1. The number of rotatable bonds is 3. The van der Waals surface area contributed by atoms with Crippen LogP contribution in [0.15, 0.2) is 24.3 Å². The summed E-state index contributed by atoms with van der Waals surface area (Å²) in [5, 5.41) is 16.8. The van der Waals surface area contributed by atoms with Crippen LogP contribution in [0.25, 0.3) is 0 Å². The summed E-state index contributed by atoms with van der Waals surface area (Å²) in [7, 11) is 0. The van der Waals surface area contributed by atoms with Crippen molar-refractivity contribution in [1.29, 1.82) is 0 Å². The van der Waals surface area contributed by atoms with E-state index in [1.54, 1.807) is 12.1 Å². The predicted octanol–water partition coefficient (Wildman–Crippen LogP) is 1.82. The quantitative estimate of drug-likeness (QED) is 0.884. The molecule has 1 unspecified atom stereocenters. The molecule has 2 aromatic rings. The Morgan fingerprint density at radius 2 is 2.06 bits per heavy atom. The van der Waals surface area contributed by atoms with E-state index in [0.29, 0.717) is 5.02 Å². The molecule has 0 saturated carbocycles. The van der Waals surface area contributed by atoms with E-state index in [1.807, 2.05) is 19.1 Å². The molecule has 6 nitrogen and oxygen atoms in total. The van der Waals surface area contributed by atoms with Crippen LogP contribution < -0.4 is 5.73 Å². The summed E-state index contributed by atoms with van der Waals surface area (Å²) in [6, 6.07) is 6.93. The minimum atomic E-state index is -1.19. The Labute approximate surface area is 108 Å². The first-order valence-electron chi connectivity index (χ1n) is 5.20. The van der Waals surface area contributed by atoms with Crippen LogP contribution in [0.3, 0.4) is 0 Å². The van der Waals surface area contributed by atoms with Crippen molar-refractivity contribution < 1.29 is 9.90 Å². The lowest BCUT2D eigenvalue weighted by atomic mass is 10.1. The Morgan fingerprint density at radius 1 is 1.44 bits per heavy atom. The number of aromatic carboxylic acids is 1. The average Bonchev–Trinajstić information content (AvgIpc) is 2.71. The maximum Gasteiger partial charge on any atom is 0.360 e. The summed E-state index contributed by atoms with van der Waals surface area (Å²) >= 11 is 5.80. The smallest absolute Gasteiger partial charge is 0.360 e. The number of anilines is 1. The second-order valence-electron chi connectivity index (χ2n) is 3.80. The van der Waals surface area contributed by atoms with Crippen molar-refractivity contribution in [2.75, 3.05) is 5.73 Å². The normalized spacial score (nSPS) is 12.3. The second kappa shape index (κ2) is 4.66. The summed E-state index contributed by atoms with van der Waals surface area (Å²) in [6.07, 6.45) is 0. The van der Waals surface area contributed by atoms with Gasteiger partial charge >= 0.3 is 5.97 Å². The lowest BCUT2D eigenvalue weighted by Crippen LogP contribution is -2.12. The summed E-state index contributed by atoms with van der Waals surface area (Å²) in [4.78, 5) is 10.8. The fourth-order valence-corrected chi connectivity index (χ4v) is 1.75. The van der Waals surface area contributed by atoms with Crippen LogP contribution in [0.2, 0.25) is 5.02 Å². The Balaban J connectivity index is 2.37. The van der Waals surface area contributed by atoms with Gasteiger partial charge in [-0.3, -0.25) is 0 Å². The standard InChI is InChI=1S/C11H11ClN4O2/c1-6(7-2-4-8(12)5-3-7)16-10(13)9(11(17)18)14-15-16/h2-6H,13H2,1H3,(H,17,18). The monoisotopic (exact) mass is 266 g/mol. The van der Waals surface area contributed by atoms with Gasteiger partial charge in [0.2, 0.25) is 5.69 Å². The molecule has 0 amide bonds. The van der Waals surface area contributed by atoms with Gasteiger partial charge in [0.15, 0.2) is 5.82 Å². The van der Waals surface area contributed by atoms with Crippen LogP contribution in [0.1, 0.15) is 29.0 Å². The molecule has 1 atom stereocenters. The molecule has 1 heterocycles. The summed E-state index contributed by atoms with van der Waals surface area (Å²) in [5.41, 5.74) is 6.37. The fraction of sp³-hybridized carbons (Fsp3) is 0.182. The van der Waals surface area contributed by atoms with E-state index >= 15 is 0 Å². The van der Waals surface area contributed by atoms with Gasteiger partial charge in [0, 0.05) is 5.02 Å². The van der Waals surface area contributed by atoms with Gasteiger partial charge in [-0.15, -0.1) is 5.10 Å². The van der Waals surface area contributed by atoms with E-state index in [1.165, 1.54) is 4.68 Å². The van der Waals surface area contributed by atoms with Crippen LogP contribution in [0, 0.1) is 0 Å². The molecule has 94 valence electrons. The fourth-order valence-electron chi connectivity index (χ4n) is 1.62. The number of hydrogen-bond acceptors (Lipinski definition) is 4. The Morgan fingerprint density at radius 3 is 2.56 bits per heavy atom. The molecular weight excluding hydrogens is 256 g/mol. The number of carboxylic acid groups (broad SMARTS) is 1. The molecule has 1 aromatic heterocycles. The summed E-state index contributed by atoms with van der Waals surface area (Å²) in [6.45, 7) is 1.85. The van der Waals surface area contributed by atoms with E-state index in [2.05, 4.69) is 10.3 Å². The largest absolute Gasteiger partial charge is 0.476 e. The number of benzene rings is 1. The van der Waals surface area contributed by atoms with Crippen molar-refractivity contribution in [3.05, 3.63) is 40.5 Å². The minimum Gasteiger partial charge on any atom is -0.476 e. The van der Waals surface area contributed by atoms with E-state index in [-0.39, 0.29) is 17.6 Å². The first-order valence-corrected chi connectivity index (χ1v) is 5.58. The number of nitrogens with zero attached hydrogens (tertiary/aromatic N) is 3. The van der Waals surface area contributed by atoms with Gasteiger partial charge in [-0.2, -0.15) is 0 Å². The van der Waals surface area contributed by atoms with E-state index < -0.39 is 5.97 Å². The van der Waals surface area contributed by atoms with Crippen LogP contribution in [-0.4, -0.2) is 26.1 Å². The highest BCUT2D eigenvalue weighted by Gasteiger charge is 2.20. The number of hydrogen-bond donors (Lipinski definition) is 2. The number of nitrogens with two attached hydrogens (primary N) is 1. The molecule has 0 saturated heterocycles. The SMILES string of the molecule is CC(c1ccc(Cl)cc1)n1nnc(C(=O)O)c1N. The van der Waals surface area contributed by atoms with Crippen molar-refractivity contribution in [3.8, 4) is 0 Å². The first kappa shape index (κ1) is 12.4. The number of nitrogen functional groups attached to an aromatic ring is 1. The highest BCUT2D eigenvalue weighted by molar-refractivity contribution is 6.30. The second-order valence-corrected chi connectivity index (χ2v) is 4.24. The summed E-state index contributed by atoms with van der Waals surface area (Å²) in [5.74, 6) is -1.16. The summed E-state index contributed by atoms with van der Waals surface area (Å²) < 4.78 is 1.37. The van der Waals surface area contributed by atoms with E-state index in [0.717, 1.165) is 5.56 Å². The molecule has 0 aliphatic heterocycles. The van der Waals surface area contributed by atoms with Gasteiger partial charge in [0.1, 0.15) is 0 Å². The number of carbonyl (C=O) groups is 1. The van der Waals surface area contributed by atoms with E-state index in [9.17, 15) is 4.79 Å². The van der Waals surface area contributed by atoms with Crippen molar-refractivity contribution >= 4 is 23.4 Å². The topological polar surface area (TPSA) is 94.0 Å². The van der Waals surface area contributed by atoms with Crippen molar-refractivity contribution in [2.24, 2.45) is 0 Å².